The number of ether oxygens (including phenoxy) is 3. The molecule has 8 heteroatoms. The van der Waals surface area contributed by atoms with Gasteiger partial charge in [-0.05, 0) is 105 Å². The van der Waals surface area contributed by atoms with Gasteiger partial charge in [0, 0.05) is 40.3 Å². The van der Waals surface area contributed by atoms with Crippen molar-refractivity contribution in [1.82, 2.24) is 0 Å². The molecule has 0 radical (unpaired) electrons. The standard InChI is InChI=1S/C41H52ClNO6/c1-26(2)20-40(46)18-15-33-31-14-17-39(45)23-41(48-24-37(3,4)25-49-41)19-16-34(39)35(31)32(21-38(33,40)5)28-8-6-27(7-9-28)22-47-36(44)43-30-12-10-29(42)11-13-30/h6-13,31-33,45-46H,1,14-25H2,2-5H3,(H,43,44). The van der Waals surface area contributed by atoms with Crippen LogP contribution in [0.1, 0.15) is 103 Å². The molecule has 7 nitrogen and oxygen atoms in total. The van der Waals surface area contributed by atoms with Gasteiger partial charge in [0.05, 0.1) is 24.4 Å². The Hall–Kier alpha value is -2.68. The lowest BCUT2D eigenvalue weighted by atomic mass is 9.49. The number of carbonyl (C=O) groups is 1. The Kier molecular flexibility index (Phi) is 8.88. The number of fused-ring (bicyclic) bond motifs is 4. The van der Waals surface area contributed by atoms with Gasteiger partial charge in [0.1, 0.15) is 6.61 Å². The number of amides is 1. The Bertz CT molecular complexity index is 1620. The van der Waals surface area contributed by atoms with Crippen LogP contribution >= 0.6 is 11.6 Å². The van der Waals surface area contributed by atoms with Crippen LogP contribution in [0.5, 0.6) is 0 Å². The normalized spacial score (nSPS) is 34.5. The van der Waals surface area contributed by atoms with E-state index in [4.69, 9.17) is 25.8 Å². The number of carbonyl (C=O) groups excluding carboxylic acids is 1. The number of aliphatic hydroxyl groups is 2. The first-order valence-corrected chi connectivity index (χ1v) is 18.4. The molecule has 1 heterocycles. The minimum atomic E-state index is -0.977. The number of hydrogen-bond donors (Lipinski definition) is 3. The van der Waals surface area contributed by atoms with Crippen molar-refractivity contribution in [3.63, 3.8) is 0 Å². The van der Waals surface area contributed by atoms with E-state index >= 15 is 0 Å². The van der Waals surface area contributed by atoms with Gasteiger partial charge in [-0.3, -0.25) is 5.32 Å². The topological polar surface area (TPSA) is 97.2 Å². The highest BCUT2D eigenvalue weighted by Gasteiger charge is 2.64. The van der Waals surface area contributed by atoms with Crippen molar-refractivity contribution < 1.29 is 29.2 Å². The van der Waals surface area contributed by atoms with Crippen LogP contribution in [-0.2, 0) is 20.8 Å². The average Bonchev–Trinajstić information content (AvgIpc) is 3.31. The highest BCUT2D eigenvalue weighted by atomic mass is 35.5. The van der Waals surface area contributed by atoms with Crippen LogP contribution in [0.25, 0.3) is 0 Å². The van der Waals surface area contributed by atoms with Gasteiger partial charge < -0.3 is 24.4 Å². The van der Waals surface area contributed by atoms with E-state index in [9.17, 15) is 15.0 Å². The van der Waals surface area contributed by atoms with E-state index in [-0.39, 0.29) is 23.4 Å². The predicted octanol–water partition coefficient (Wildman–Crippen LogP) is 9.08. The van der Waals surface area contributed by atoms with E-state index in [1.165, 1.54) is 16.7 Å². The Labute approximate surface area is 296 Å². The van der Waals surface area contributed by atoms with Crippen molar-refractivity contribution in [3.8, 4) is 0 Å². The lowest BCUT2D eigenvalue weighted by Crippen LogP contribution is -2.58. The summed E-state index contributed by atoms with van der Waals surface area (Å²) in [5.41, 5.74) is 4.13. The van der Waals surface area contributed by atoms with Gasteiger partial charge in [0.15, 0.2) is 5.79 Å². The third-order valence-corrected chi connectivity index (χ3v) is 12.9. The van der Waals surface area contributed by atoms with E-state index in [1.54, 1.807) is 24.3 Å². The Balaban J connectivity index is 1.18. The molecule has 5 aliphatic rings. The van der Waals surface area contributed by atoms with Crippen molar-refractivity contribution in [3.05, 3.63) is 88.0 Å². The van der Waals surface area contributed by atoms with Crippen LogP contribution in [0, 0.1) is 22.7 Å². The molecule has 1 saturated heterocycles. The largest absolute Gasteiger partial charge is 0.444 e. The van der Waals surface area contributed by atoms with Gasteiger partial charge in [-0.15, -0.1) is 6.58 Å². The van der Waals surface area contributed by atoms with Gasteiger partial charge in [-0.25, -0.2) is 4.79 Å². The first kappa shape index (κ1) is 34.8. The monoisotopic (exact) mass is 689 g/mol. The molecular formula is C41H52ClNO6. The molecule has 49 heavy (non-hydrogen) atoms. The van der Waals surface area contributed by atoms with Gasteiger partial charge >= 0.3 is 6.09 Å². The quantitative estimate of drug-likeness (QED) is 0.262. The summed E-state index contributed by atoms with van der Waals surface area (Å²) in [5.74, 6) is -0.0619. The molecule has 0 aromatic heterocycles. The fourth-order valence-corrected chi connectivity index (χ4v) is 10.2. The molecule has 3 saturated carbocycles. The molecule has 2 aromatic rings. The predicted molar refractivity (Wildman–Crippen MR) is 191 cm³/mol. The molecule has 7 rings (SSSR count). The summed E-state index contributed by atoms with van der Waals surface area (Å²) in [6.45, 7) is 14.2. The molecule has 1 amide bonds. The van der Waals surface area contributed by atoms with E-state index < -0.39 is 23.1 Å². The summed E-state index contributed by atoms with van der Waals surface area (Å²) >= 11 is 5.96. The summed E-state index contributed by atoms with van der Waals surface area (Å²) in [6, 6.07) is 15.2. The molecule has 1 spiro atoms. The Morgan fingerprint density at radius 2 is 1.69 bits per heavy atom. The minimum Gasteiger partial charge on any atom is -0.444 e. The zero-order valence-electron chi connectivity index (χ0n) is 29.4. The first-order chi connectivity index (χ1) is 23.1. The number of hydrogen-bond acceptors (Lipinski definition) is 6. The molecule has 4 fully saturated rings. The maximum atomic E-state index is 12.5. The van der Waals surface area contributed by atoms with Crippen molar-refractivity contribution in [2.45, 2.75) is 115 Å². The lowest BCUT2D eigenvalue weighted by molar-refractivity contribution is -0.322. The van der Waals surface area contributed by atoms with Crippen molar-refractivity contribution in [2.24, 2.45) is 22.7 Å². The summed E-state index contributed by atoms with van der Waals surface area (Å²) in [7, 11) is 0. The fourth-order valence-electron chi connectivity index (χ4n) is 10.1. The highest BCUT2D eigenvalue weighted by Crippen LogP contribution is 2.68. The number of rotatable bonds is 6. The second-order valence-electron chi connectivity index (χ2n) is 16.9. The number of nitrogens with one attached hydrogen (secondary N) is 1. The molecule has 3 N–H and O–H groups in total. The number of halogens is 1. The van der Waals surface area contributed by atoms with Gasteiger partial charge in [-0.1, -0.05) is 67.8 Å². The van der Waals surface area contributed by atoms with Crippen LogP contribution in [0.3, 0.4) is 0 Å². The summed E-state index contributed by atoms with van der Waals surface area (Å²) < 4.78 is 18.4. The van der Waals surface area contributed by atoms with E-state index in [1.807, 2.05) is 19.1 Å². The van der Waals surface area contributed by atoms with E-state index in [2.05, 4.69) is 44.8 Å². The minimum absolute atomic E-state index is 0.0377. The zero-order valence-corrected chi connectivity index (χ0v) is 30.2. The number of anilines is 1. The number of allylic oxidation sites excluding steroid dienone is 1. The second-order valence-corrected chi connectivity index (χ2v) is 17.3. The van der Waals surface area contributed by atoms with E-state index in [0.29, 0.717) is 55.0 Å². The zero-order chi connectivity index (χ0) is 34.8. The molecule has 1 aliphatic heterocycles. The van der Waals surface area contributed by atoms with Crippen LogP contribution in [0.2, 0.25) is 5.02 Å². The summed E-state index contributed by atoms with van der Waals surface area (Å²) in [4.78, 5) is 12.5. The summed E-state index contributed by atoms with van der Waals surface area (Å²) in [5, 5.41) is 28.2. The third kappa shape index (κ3) is 6.40. The van der Waals surface area contributed by atoms with Crippen LogP contribution in [-0.4, -0.2) is 46.5 Å². The van der Waals surface area contributed by atoms with Crippen molar-refractivity contribution in [1.29, 1.82) is 0 Å². The Morgan fingerprint density at radius 1 is 1.00 bits per heavy atom. The van der Waals surface area contributed by atoms with Crippen LogP contribution < -0.4 is 5.32 Å². The third-order valence-electron chi connectivity index (χ3n) is 12.6. The molecule has 0 bridgehead atoms. The Morgan fingerprint density at radius 3 is 2.37 bits per heavy atom. The maximum absolute atomic E-state index is 12.5. The van der Waals surface area contributed by atoms with Crippen LogP contribution in [0.4, 0.5) is 10.5 Å². The maximum Gasteiger partial charge on any atom is 0.411 e. The van der Waals surface area contributed by atoms with Gasteiger partial charge in [0.25, 0.3) is 0 Å². The van der Waals surface area contributed by atoms with Crippen LogP contribution in [0.15, 0.2) is 71.8 Å². The number of benzene rings is 2. The van der Waals surface area contributed by atoms with Crippen molar-refractivity contribution >= 4 is 23.4 Å². The SMILES string of the molecule is C=C(C)CC1(O)CCC2C3CCC4(O)CC5(CCC4=C3C(c3ccc(COC(=O)Nc4ccc(Cl)cc4)cc3)CC21C)OCC(C)(C)CO5. The molecule has 2 aromatic carbocycles. The second kappa shape index (κ2) is 12.5. The molecular weight excluding hydrogens is 638 g/mol. The fraction of sp³-hybridized carbons (Fsp3) is 0.585. The first-order valence-electron chi connectivity index (χ1n) is 18.0. The van der Waals surface area contributed by atoms with Gasteiger partial charge in [0.2, 0.25) is 0 Å². The highest BCUT2D eigenvalue weighted by molar-refractivity contribution is 6.30. The molecule has 264 valence electrons. The smallest absolute Gasteiger partial charge is 0.411 e. The molecule has 6 atom stereocenters. The molecule has 4 aliphatic carbocycles. The average molecular weight is 690 g/mol. The van der Waals surface area contributed by atoms with E-state index in [0.717, 1.165) is 49.7 Å². The van der Waals surface area contributed by atoms with Crippen molar-refractivity contribution in [2.75, 3.05) is 18.5 Å². The summed E-state index contributed by atoms with van der Waals surface area (Å²) in [6.07, 6.45) is 6.13. The van der Waals surface area contributed by atoms with Gasteiger partial charge in [-0.2, -0.15) is 0 Å². The lowest BCUT2D eigenvalue weighted by Gasteiger charge is -2.58. The molecule has 6 unspecified atom stereocenters.